The fraction of sp³-hybridized carbons (Fsp3) is 0.931. The normalized spacial score (nSPS) is 44.8. The molecule has 5 aliphatic rings. The predicted octanol–water partition coefficient (Wildman–Crippen LogP) is 5.05. The van der Waals surface area contributed by atoms with Gasteiger partial charge < -0.3 is 19.3 Å². The second-order valence-corrected chi connectivity index (χ2v) is 13.7. The first kappa shape index (κ1) is 25.5. The van der Waals surface area contributed by atoms with E-state index in [9.17, 15) is 14.7 Å². The van der Waals surface area contributed by atoms with Crippen LogP contribution in [0.25, 0.3) is 0 Å². The Labute approximate surface area is 210 Å². The molecule has 10 unspecified atom stereocenters. The highest BCUT2D eigenvalue weighted by Crippen LogP contribution is 2.72. The molecule has 0 amide bonds. The van der Waals surface area contributed by atoms with Crippen LogP contribution in [0.5, 0.6) is 0 Å². The Morgan fingerprint density at radius 1 is 1.06 bits per heavy atom. The molecule has 1 aliphatic heterocycles. The van der Waals surface area contributed by atoms with Gasteiger partial charge in [0.2, 0.25) is 0 Å². The standard InChI is InChI=1S/C29H46O6/c1-17(6-11-25(31)33-16-26(32)35-27(2,3)4)21-9-10-22-20-8-7-18-14-19(30)12-13-28(18,5)23(20)15-24-29(21,22)34-24/h17-24,30H,6-16H2,1-5H3. The summed E-state index contributed by atoms with van der Waals surface area (Å²) in [7, 11) is 0. The summed E-state index contributed by atoms with van der Waals surface area (Å²) >= 11 is 0. The SMILES string of the molecule is CC(CCC(=O)OCC(=O)OC(C)(C)C)C1CCC2C3CCC4CC(O)CCC4(C)C3CC3OC312. The van der Waals surface area contributed by atoms with Crippen LogP contribution in [0, 0.1) is 40.9 Å². The molecule has 0 aromatic heterocycles. The second-order valence-electron chi connectivity index (χ2n) is 13.7. The third-order valence-electron chi connectivity index (χ3n) is 10.7. The molecule has 35 heavy (non-hydrogen) atoms. The van der Waals surface area contributed by atoms with Crippen molar-refractivity contribution >= 4 is 11.9 Å². The van der Waals surface area contributed by atoms with Crippen molar-refractivity contribution in [1.82, 2.24) is 0 Å². The van der Waals surface area contributed by atoms with Crippen molar-refractivity contribution < 1.29 is 28.9 Å². The van der Waals surface area contributed by atoms with E-state index in [0.717, 1.165) is 37.5 Å². The smallest absolute Gasteiger partial charge is 0.344 e. The average molecular weight is 491 g/mol. The van der Waals surface area contributed by atoms with Gasteiger partial charge in [-0.25, -0.2) is 4.79 Å². The summed E-state index contributed by atoms with van der Waals surface area (Å²) in [5.74, 6) is 2.89. The van der Waals surface area contributed by atoms with E-state index in [2.05, 4.69) is 13.8 Å². The molecule has 4 saturated carbocycles. The largest absolute Gasteiger partial charge is 0.457 e. The molecule has 198 valence electrons. The zero-order valence-corrected chi connectivity index (χ0v) is 22.4. The lowest BCUT2D eigenvalue weighted by molar-refractivity contribution is -0.166. The summed E-state index contributed by atoms with van der Waals surface area (Å²) < 4.78 is 17.1. The van der Waals surface area contributed by atoms with Crippen LogP contribution in [0.3, 0.4) is 0 Å². The second kappa shape index (κ2) is 9.01. The van der Waals surface area contributed by atoms with E-state index in [0.29, 0.717) is 41.6 Å². The first-order valence-electron chi connectivity index (χ1n) is 14.2. The van der Waals surface area contributed by atoms with Gasteiger partial charge in [0.25, 0.3) is 0 Å². The van der Waals surface area contributed by atoms with Crippen LogP contribution in [-0.2, 0) is 23.8 Å². The monoisotopic (exact) mass is 490 g/mol. The summed E-state index contributed by atoms with van der Waals surface area (Å²) in [6.07, 6.45) is 10.7. The minimum Gasteiger partial charge on any atom is -0.457 e. The van der Waals surface area contributed by atoms with Crippen LogP contribution in [0.1, 0.15) is 98.8 Å². The number of rotatable bonds is 6. The van der Waals surface area contributed by atoms with E-state index in [-0.39, 0.29) is 24.3 Å². The maximum atomic E-state index is 12.3. The molecule has 5 fully saturated rings. The van der Waals surface area contributed by atoms with Gasteiger partial charge >= 0.3 is 11.9 Å². The zero-order valence-electron chi connectivity index (χ0n) is 22.4. The summed E-state index contributed by atoms with van der Waals surface area (Å²) in [4.78, 5) is 24.1. The first-order chi connectivity index (χ1) is 16.4. The topological polar surface area (TPSA) is 85.4 Å². The van der Waals surface area contributed by atoms with Crippen LogP contribution in [0.4, 0.5) is 0 Å². The van der Waals surface area contributed by atoms with Gasteiger partial charge in [-0.05, 0) is 119 Å². The molecule has 10 atom stereocenters. The fourth-order valence-corrected chi connectivity index (χ4v) is 9.16. The number of esters is 2. The van der Waals surface area contributed by atoms with Crippen LogP contribution in [0.2, 0.25) is 0 Å². The maximum Gasteiger partial charge on any atom is 0.344 e. The number of carbonyl (C=O) groups is 2. The molecule has 1 saturated heterocycles. The van der Waals surface area contributed by atoms with Crippen LogP contribution < -0.4 is 0 Å². The summed E-state index contributed by atoms with van der Waals surface area (Å²) in [5, 5.41) is 10.3. The van der Waals surface area contributed by atoms with E-state index in [1.807, 2.05) is 0 Å². The molecule has 1 spiro atoms. The molecular formula is C29H46O6. The van der Waals surface area contributed by atoms with Crippen molar-refractivity contribution in [1.29, 1.82) is 0 Å². The summed E-state index contributed by atoms with van der Waals surface area (Å²) in [6, 6.07) is 0. The number of hydrogen-bond acceptors (Lipinski definition) is 6. The lowest BCUT2D eigenvalue weighted by Crippen LogP contribution is -2.54. The van der Waals surface area contributed by atoms with Gasteiger partial charge in [-0.15, -0.1) is 0 Å². The number of carbonyl (C=O) groups excluding carboxylic acids is 2. The molecule has 0 aromatic rings. The van der Waals surface area contributed by atoms with Gasteiger partial charge in [0.15, 0.2) is 6.61 Å². The summed E-state index contributed by atoms with van der Waals surface area (Å²) in [6.45, 7) is 9.88. The van der Waals surface area contributed by atoms with E-state index < -0.39 is 11.6 Å². The minimum absolute atomic E-state index is 0.0401. The van der Waals surface area contributed by atoms with E-state index in [4.69, 9.17) is 14.2 Å². The Balaban J connectivity index is 1.16. The molecule has 5 rings (SSSR count). The third kappa shape index (κ3) is 4.56. The molecule has 6 heteroatoms. The number of hydrogen-bond donors (Lipinski definition) is 1. The molecule has 4 aliphatic carbocycles. The number of epoxide rings is 1. The molecule has 6 nitrogen and oxygen atoms in total. The Bertz CT molecular complexity index is 834. The number of ether oxygens (including phenoxy) is 3. The van der Waals surface area contributed by atoms with E-state index in [1.165, 1.54) is 32.1 Å². The lowest BCUT2D eigenvalue weighted by atomic mass is 9.46. The Kier molecular flexibility index (Phi) is 6.56. The van der Waals surface area contributed by atoms with E-state index >= 15 is 0 Å². The third-order valence-corrected chi connectivity index (χ3v) is 10.7. The quantitative estimate of drug-likeness (QED) is 0.414. The van der Waals surface area contributed by atoms with Gasteiger partial charge in [-0.2, -0.15) is 0 Å². The van der Waals surface area contributed by atoms with Crippen molar-refractivity contribution in [2.75, 3.05) is 6.61 Å². The molecule has 0 bridgehead atoms. The highest BCUT2D eigenvalue weighted by atomic mass is 16.6. The van der Waals surface area contributed by atoms with Crippen molar-refractivity contribution in [2.45, 2.75) is 122 Å². The average Bonchev–Trinajstić information content (AvgIpc) is 3.37. The van der Waals surface area contributed by atoms with Crippen molar-refractivity contribution in [3.05, 3.63) is 0 Å². The highest BCUT2D eigenvalue weighted by molar-refractivity contribution is 5.76. The summed E-state index contributed by atoms with van der Waals surface area (Å²) in [5.41, 5.74) is -0.175. The number of fused-ring (bicyclic) bond motifs is 4. The Morgan fingerprint density at radius 2 is 1.83 bits per heavy atom. The van der Waals surface area contributed by atoms with E-state index in [1.54, 1.807) is 20.8 Å². The highest BCUT2D eigenvalue weighted by Gasteiger charge is 2.75. The van der Waals surface area contributed by atoms with Crippen molar-refractivity contribution in [3.63, 3.8) is 0 Å². The minimum atomic E-state index is -0.578. The maximum absolute atomic E-state index is 12.3. The first-order valence-corrected chi connectivity index (χ1v) is 14.2. The van der Waals surface area contributed by atoms with Crippen molar-refractivity contribution in [3.8, 4) is 0 Å². The fourth-order valence-electron chi connectivity index (χ4n) is 9.16. The van der Waals surface area contributed by atoms with Gasteiger partial charge in [-0.3, -0.25) is 4.79 Å². The van der Waals surface area contributed by atoms with Crippen molar-refractivity contribution in [2.24, 2.45) is 40.9 Å². The molecular weight excluding hydrogens is 444 g/mol. The van der Waals surface area contributed by atoms with Gasteiger partial charge in [0.05, 0.1) is 12.2 Å². The Hall–Kier alpha value is -1.14. The van der Waals surface area contributed by atoms with Gasteiger partial charge in [-0.1, -0.05) is 13.8 Å². The number of aliphatic hydroxyl groups excluding tert-OH is 1. The molecule has 0 aromatic carbocycles. The lowest BCUT2D eigenvalue weighted by Gasteiger charge is -2.58. The molecule has 1 N–H and O–H groups in total. The molecule has 1 heterocycles. The predicted molar refractivity (Wildman–Crippen MR) is 131 cm³/mol. The van der Waals surface area contributed by atoms with Gasteiger partial charge in [0, 0.05) is 6.42 Å². The van der Waals surface area contributed by atoms with Crippen LogP contribution >= 0.6 is 0 Å². The molecule has 0 radical (unpaired) electrons. The van der Waals surface area contributed by atoms with Gasteiger partial charge in [0.1, 0.15) is 11.2 Å². The number of aliphatic hydroxyl groups is 1. The zero-order chi connectivity index (χ0) is 25.2. The van der Waals surface area contributed by atoms with Crippen LogP contribution in [-0.4, -0.2) is 47.1 Å². The Morgan fingerprint density at radius 3 is 2.57 bits per heavy atom. The van der Waals surface area contributed by atoms with Crippen LogP contribution in [0.15, 0.2) is 0 Å².